The van der Waals surface area contributed by atoms with Crippen LogP contribution in [-0.4, -0.2) is 0 Å². The van der Waals surface area contributed by atoms with Gasteiger partial charge in [-0.05, 0) is 12.1 Å². The number of hydrogen-bond acceptors (Lipinski definition) is 0. The Morgan fingerprint density at radius 2 is 1.38 bits per heavy atom. The van der Waals surface area contributed by atoms with Crippen molar-refractivity contribution in [3.8, 4) is 5.69 Å². The molecule has 4 heteroatoms. The molecule has 0 spiro atoms. The summed E-state index contributed by atoms with van der Waals surface area (Å²) in [4.78, 5) is 0. The van der Waals surface area contributed by atoms with Crippen molar-refractivity contribution in [1.29, 1.82) is 0 Å². The highest BCUT2D eigenvalue weighted by Crippen LogP contribution is 2.28. The van der Waals surface area contributed by atoms with Gasteiger partial charge in [-0.15, -0.1) is 0 Å². The maximum atomic E-state index is 12.3. The highest BCUT2D eigenvalue weighted by atomic mass is 19.4. The summed E-state index contributed by atoms with van der Waals surface area (Å²) < 4.78 is 38.7. The fourth-order valence-electron chi connectivity index (χ4n) is 1.39. The Kier molecular flexibility index (Phi) is 2.64. The molecule has 0 saturated carbocycles. The summed E-state index contributed by atoms with van der Waals surface area (Å²) in [5.41, 5.74) is 0.0707. The Bertz CT molecular complexity index is 460. The smallest absolute Gasteiger partial charge is 0.167 e. The van der Waals surface area contributed by atoms with Crippen LogP contribution in [0, 0.1) is 0 Å². The third kappa shape index (κ3) is 2.21. The van der Waals surface area contributed by atoms with E-state index in [1.54, 1.807) is 17.0 Å². The zero-order chi connectivity index (χ0) is 11.6. The Morgan fingerprint density at radius 3 is 1.88 bits per heavy atom. The molecule has 0 fully saturated rings. The molecule has 0 aliphatic carbocycles. The minimum absolute atomic E-state index is 0.632. The van der Waals surface area contributed by atoms with Crippen molar-refractivity contribution in [3.05, 3.63) is 60.4 Å². The predicted octanol–water partition coefficient (Wildman–Crippen LogP) is 2.98. The van der Waals surface area contributed by atoms with Crippen LogP contribution < -0.4 is 4.57 Å². The maximum absolute atomic E-state index is 12.3. The van der Waals surface area contributed by atoms with Crippen molar-refractivity contribution < 1.29 is 17.7 Å². The Labute approximate surface area is 90.8 Å². The molecule has 0 amide bonds. The topological polar surface area (TPSA) is 3.88 Å². The Balaban J connectivity index is 2.34. The molecule has 82 valence electrons. The molecule has 1 nitrogen and oxygen atoms in total. The van der Waals surface area contributed by atoms with Crippen LogP contribution in [0.3, 0.4) is 0 Å². The largest absolute Gasteiger partial charge is 0.416 e. The summed E-state index contributed by atoms with van der Waals surface area (Å²) in [5.74, 6) is 0. The molecule has 0 aliphatic rings. The third-order valence-corrected chi connectivity index (χ3v) is 2.21. The van der Waals surface area contributed by atoms with Gasteiger partial charge in [-0.2, -0.15) is 17.7 Å². The average molecular weight is 224 g/mol. The van der Waals surface area contributed by atoms with Crippen LogP contribution in [-0.2, 0) is 6.18 Å². The SMILES string of the molecule is FC(F)(F)c1ccc(-[n+]2ccccc2)cc1. The standard InChI is InChI=1S/C12H9F3N/c13-12(14,15)10-4-6-11(7-5-10)16-8-2-1-3-9-16/h1-9H/q+1. The van der Waals surface area contributed by atoms with Gasteiger partial charge >= 0.3 is 6.18 Å². The molecule has 0 unspecified atom stereocenters. The van der Waals surface area contributed by atoms with Crippen LogP contribution in [0.25, 0.3) is 5.69 Å². The van der Waals surface area contributed by atoms with Crippen molar-refractivity contribution in [2.75, 3.05) is 0 Å². The van der Waals surface area contributed by atoms with Crippen molar-refractivity contribution in [2.45, 2.75) is 6.18 Å². The van der Waals surface area contributed by atoms with Crippen LogP contribution in [0.2, 0.25) is 0 Å². The molecule has 0 atom stereocenters. The van der Waals surface area contributed by atoms with Gasteiger partial charge in [0.1, 0.15) is 0 Å². The molecule has 0 N–H and O–H groups in total. The number of benzene rings is 1. The quantitative estimate of drug-likeness (QED) is 0.655. The van der Waals surface area contributed by atoms with E-state index in [1.807, 2.05) is 18.2 Å². The first-order valence-corrected chi connectivity index (χ1v) is 4.71. The molecule has 0 radical (unpaired) electrons. The lowest BCUT2D eigenvalue weighted by Gasteiger charge is -2.05. The fourth-order valence-corrected chi connectivity index (χ4v) is 1.39. The van der Waals surface area contributed by atoms with E-state index in [1.165, 1.54) is 12.1 Å². The summed E-state index contributed by atoms with van der Waals surface area (Å²) >= 11 is 0. The van der Waals surface area contributed by atoms with Gasteiger partial charge < -0.3 is 0 Å². The average Bonchev–Trinajstić information content (AvgIpc) is 2.29. The van der Waals surface area contributed by atoms with Gasteiger partial charge in [0.05, 0.1) is 5.56 Å². The van der Waals surface area contributed by atoms with Crippen LogP contribution in [0.1, 0.15) is 5.56 Å². The summed E-state index contributed by atoms with van der Waals surface area (Å²) in [6, 6.07) is 10.5. The summed E-state index contributed by atoms with van der Waals surface area (Å²) in [6.07, 6.45) is -0.717. The molecule has 1 aromatic carbocycles. The normalized spacial score (nSPS) is 11.4. The van der Waals surface area contributed by atoms with Gasteiger partial charge in [0.15, 0.2) is 12.4 Å². The van der Waals surface area contributed by atoms with Gasteiger partial charge in [-0.25, -0.2) is 0 Å². The predicted molar refractivity (Wildman–Crippen MR) is 53.0 cm³/mol. The second kappa shape index (κ2) is 3.96. The number of alkyl halides is 3. The molecule has 16 heavy (non-hydrogen) atoms. The van der Waals surface area contributed by atoms with Crippen LogP contribution in [0.4, 0.5) is 13.2 Å². The first kappa shape index (κ1) is 10.7. The molecule has 0 aliphatic heterocycles. The van der Waals surface area contributed by atoms with Crippen molar-refractivity contribution in [2.24, 2.45) is 0 Å². The lowest BCUT2D eigenvalue weighted by Crippen LogP contribution is -2.28. The molecule has 2 aromatic rings. The van der Waals surface area contributed by atoms with Gasteiger partial charge in [-0.3, -0.25) is 0 Å². The maximum Gasteiger partial charge on any atom is 0.416 e. The van der Waals surface area contributed by atoms with Crippen molar-refractivity contribution in [1.82, 2.24) is 0 Å². The molecule has 0 bridgehead atoms. The van der Waals surface area contributed by atoms with E-state index < -0.39 is 11.7 Å². The van der Waals surface area contributed by atoms with Gasteiger partial charge in [-0.1, -0.05) is 6.07 Å². The highest BCUT2D eigenvalue weighted by Gasteiger charge is 2.30. The number of halogens is 3. The minimum atomic E-state index is -4.28. The number of pyridine rings is 1. The van der Waals surface area contributed by atoms with E-state index >= 15 is 0 Å². The first-order chi connectivity index (χ1) is 7.57. The molecule has 1 aromatic heterocycles. The van der Waals surface area contributed by atoms with E-state index in [4.69, 9.17) is 0 Å². The number of aromatic nitrogens is 1. The number of rotatable bonds is 1. The first-order valence-electron chi connectivity index (χ1n) is 4.71. The third-order valence-electron chi connectivity index (χ3n) is 2.21. The van der Waals surface area contributed by atoms with E-state index in [0.717, 1.165) is 12.1 Å². The molecular weight excluding hydrogens is 215 g/mol. The zero-order valence-corrected chi connectivity index (χ0v) is 8.28. The summed E-state index contributed by atoms with van der Waals surface area (Å²) in [6.45, 7) is 0. The fraction of sp³-hybridized carbons (Fsp3) is 0.0833. The lowest BCUT2D eigenvalue weighted by molar-refractivity contribution is -0.595. The van der Waals surface area contributed by atoms with E-state index in [2.05, 4.69) is 0 Å². The van der Waals surface area contributed by atoms with Crippen molar-refractivity contribution in [3.63, 3.8) is 0 Å². The summed E-state index contributed by atoms with van der Waals surface area (Å²) in [5, 5.41) is 0. The molecule has 0 saturated heterocycles. The van der Waals surface area contributed by atoms with Crippen LogP contribution >= 0.6 is 0 Å². The second-order valence-electron chi connectivity index (χ2n) is 3.33. The van der Waals surface area contributed by atoms with E-state index in [9.17, 15) is 13.2 Å². The number of nitrogens with zero attached hydrogens (tertiary/aromatic N) is 1. The Morgan fingerprint density at radius 1 is 0.812 bits per heavy atom. The monoisotopic (exact) mass is 224 g/mol. The molecule has 2 rings (SSSR count). The second-order valence-corrected chi connectivity index (χ2v) is 3.33. The highest BCUT2D eigenvalue weighted by molar-refractivity contribution is 5.28. The lowest BCUT2D eigenvalue weighted by atomic mass is 10.2. The number of hydrogen-bond donors (Lipinski definition) is 0. The summed E-state index contributed by atoms with van der Waals surface area (Å²) in [7, 11) is 0. The zero-order valence-electron chi connectivity index (χ0n) is 8.28. The van der Waals surface area contributed by atoms with E-state index in [0.29, 0.717) is 5.69 Å². The Hall–Kier alpha value is -1.84. The van der Waals surface area contributed by atoms with E-state index in [-0.39, 0.29) is 0 Å². The minimum Gasteiger partial charge on any atom is -0.167 e. The van der Waals surface area contributed by atoms with Crippen LogP contribution in [0.5, 0.6) is 0 Å². The van der Waals surface area contributed by atoms with Gasteiger partial charge in [0.25, 0.3) is 0 Å². The molecule has 1 heterocycles. The molecular formula is C12H9F3N+. The van der Waals surface area contributed by atoms with Crippen LogP contribution in [0.15, 0.2) is 54.9 Å². The van der Waals surface area contributed by atoms with Gasteiger partial charge in [0.2, 0.25) is 5.69 Å². The van der Waals surface area contributed by atoms with Crippen molar-refractivity contribution >= 4 is 0 Å². The van der Waals surface area contributed by atoms with Gasteiger partial charge in [0, 0.05) is 24.3 Å².